The summed E-state index contributed by atoms with van der Waals surface area (Å²) in [6, 6.07) is 6.46. The van der Waals surface area contributed by atoms with Crippen molar-refractivity contribution in [2.75, 3.05) is 29.9 Å². The van der Waals surface area contributed by atoms with Gasteiger partial charge in [0.25, 0.3) is 0 Å². The molecule has 6 nitrogen and oxygen atoms in total. The van der Waals surface area contributed by atoms with Gasteiger partial charge in [-0.1, -0.05) is 6.07 Å². The van der Waals surface area contributed by atoms with Crippen LogP contribution in [0.1, 0.15) is 12.5 Å². The lowest BCUT2D eigenvalue weighted by Gasteiger charge is -2.32. The van der Waals surface area contributed by atoms with Crippen LogP contribution in [0.3, 0.4) is 0 Å². The molecule has 2 amide bonds. The van der Waals surface area contributed by atoms with Crippen LogP contribution in [0.5, 0.6) is 0 Å². The second-order valence-electron chi connectivity index (χ2n) is 6.09. The van der Waals surface area contributed by atoms with E-state index in [0.717, 1.165) is 36.6 Å². The van der Waals surface area contributed by atoms with Crippen LogP contribution in [0.2, 0.25) is 0 Å². The molecule has 8 heteroatoms. The minimum atomic E-state index is -1.01. The van der Waals surface area contributed by atoms with Crippen LogP contribution in [-0.2, 0) is 11.3 Å². The number of halogens is 2. The Labute approximate surface area is 150 Å². The molecule has 2 aromatic rings. The number of hydrogen-bond donors (Lipinski definition) is 2. The Kier molecular flexibility index (Phi) is 5.62. The van der Waals surface area contributed by atoms with E-state index in [4.69, 9.17) is 4.74 Å². The highest BCUT2D eigenvalue weighted by Gasteiger charge is 2.17. The second-order valence-corrected chi connectivity index (χ2v) is 6.09. The van der Waals surface area contributed by atoms with Crippen molar-refractivity contribution in [2.24, 2.45) is 0 Å². The molecular weight excluding hydrogens is 342 g/mol. The minimum Gasteiger partial charge on any atom is -0.375 e. The number of anilines is 2. The summed E-state index contributed by atoms with van der Waals surface area (Å²) >= 11 is 0. The SMILES string of the molecule is CC1CN(c2ccc(CNC(=O)Nc3ccc(F)c(F)c3)cn2)CCO1. The molecule has 2 heterocycles. The first-order valence-electron chi connectivity index (χ1n) is 8.32. The predicted molar refractivity (Wildman–Crippen MR) is 94.1 cm³/mol. The third kappa shape index (κ3) is 4.66. The van der Waals surface area contributed by atoms with Crippen molar-refractivity contribution in [1.29, 1.82) is 0 Å². The first-order valence-corrected chi connectivity index (χ1v) is 8.32. The monoisotopic (exact) mass is 362 g/mol. The fourth-order valence-corrected chi connectivity index (χ4v) is 2.67. The molecule has 138 valence electrons. The number of benzene rings is 1. The van der Waals surface area contributed by atoms with Crippen molar-refractivity contribution in [3.63, 3.8) is 0 Å². The van der Waals surface area contributed by atoms with E-state index in [0.29, 0.717) is 6.61 Å². The Bertz CT molecular complexity index is 770. The standard InChI is InChI=1S/C18H20F2N4O2/c1-12-11-24(6-7-26-12)17-5-2-13(9-21-17)10-22-18(25)23-14-3-4-15(19)16(20)8-14/h2-5,8-9,12H,6-7,10-11H2,1H3,(H2,22,23,25). The Morgan fingerprint density at radius 2 is 2.15 bits per heavy atom. The highest BCUT2D eigenvalue weighted by molar-refractivity contribution is 5.89. The number of nitrogens with zero attached hydrogens (tertiary/aromatic N) is 2. The topological polar surface area (TPSA) is 66.5 Å². The van der Waals surface area contributed by atoms with Gasteiger partial charge in [0.1, 0.15) is 5.82 Å². The summed E-state index contributed by atoms with van der Waals surface area (Å²) in [7, 11) is 0. The molecule has 1 atom stereocenters. The largest absolute Gasteiger partial charge is 0.375 e. The number of pyridine rings is 1. The molecule has 1 unspecified atom stereocenters. The lowest BCUT2D eigenvalue weighted by molar-refractivity contribution is 0.0529. The van der Waals surface area contributed by atoms with Gasteiger partial charge in [-0.15, -0.1) is 0 Å². The number of ether oxygens (including phenoxy) is 1. The molecule has 2 N–H and O–H groups in total. The lowest BCUT2D eigenvalue weighted by Crippen LogP contribution is -2.41. The Morgan fingerprint density at radius 1 is 1.31 bits per heavy atom. The number of rotatable bonds is 4. The van der Waals surface area contributed by atoms with Crippen molar-refractivity contribution in [3.05, 3.63) is 53.7 Å². The van der Waals surface area contributed by atoms with E-state index in [-0.39, 0.29) is 18.3 Å². The molecule has 3 rings (SSSR count). The van der Waals surface area contributed by atoms with Crippen LogP contribution in [0.4, 0.5) is 25.1 Å². The number of aromatic nitrogens is 1. The second kappa shape index (κ2) is 8.09. The van der Waals surface area contributed by atoms with E-state index in [2.05, 4.69) is 20.5 Å². The molecule has 1 aliphatic heterocycles. The fourth-order valence-electron chi connectivity index (χ4n) is 2.67. The van der Waals surface area contributed by atoms with Gasteiger partial charge >= 0.3 is 6.03 Å². The molecule has 0 aliphatic carbocycles. The molecule has 1 saturated heterocycles. The first-order chi connectivity index (χ1) is 12.5. The number of hydrogen-bond acceptors (Lipinski definition) is 4. The molecule has 0 bridgehead atoms. The lowest BCUT2D eigenvalue weighted by atomic mass is 10.2. The van der Waals surface area contributed by atoms with Crippen molar-refractivity contribution >= 4 is 17.5 Å². The smallest absolute Gasteiger partial charge is 0.319 e. The van der Waals surface area contributed by atoms with Crippen LogP contribution < -0.4 is 15.5 Å². The van der Waals surface area contributed by atoms with E-state index in [1.54, 1.807) is 6.20 Å². The van der Waals surface area contributed by atoms with Crippen LogP contribution in [0.15, 0.2) is 36.5 Å². The number of amides is 2. The van der Waals surface area contributed by atoms with Crippen molar-refractivity contribution in [1.82, 2.24) is 10.3 Å². The van der Waals surface area contributed by atoms with E-state index >= 15 is 0 Å². The van der Waals surface area contributed by atoms with Crippen molar-refractivity contribution in [3.8, 4) is 0 Å². The summed E-state index contributed by atoms with van der Waals surface area (Å²) in [4.78, 5) is 18.4. The summed E-state index contributed by atoms with van der Waals surface area (Å²) in [5, 5.41) is 5.10. The van der Waals surface area contributed by atoms with Gasteiger partial charge in [0.15, 0.2) is 11.6 Å². The van der Waals surface area contributed by atoms with Gasteiger partial charge < -0.3 is 20.3 Å². The quantitative estimate of drug-likeness (QED) is 0.878. The van der Waals surface area contributed by atoms with Crippen LogP contribution in [0.25, 0.3) is 0 Å². The van der Waals surface area contributed by atoms with Crippen LogP contribution >= 0.6 is 0 Å². The molecule has 0 saturated carbocycles. The summed E-state index contributed by atoms with van der Waals surface area (Å²) in [5.41, 5.74) is 1.01. The third-order valence-corrected chi connectivity index (χ3v) is 4.00. The van der Waals surface area contributed by atoms with Gasteiger partial charge in [-0.3, -0.25) is 0 Å². The number of carbonyl (C=O) groups is 1. The van der Waals surface area contributed by atoms with Crippen molar-refractivity contribution < 1.29 is 18.3 Å². The normalized spacial score (nSPS) is 17.0. The average Bonchev–Trinajstić information content (AvgIpc) is 2.63. The predicted octanol–water partition coefficient (Wildman–Crippen LogP) is 2.91. The van der Waals surface area contributed by atoms with Gasteiger partial charge in [-0.05, 0) is 30.7 Å². The summed E-state index contributed by atoms with van der Waals surface area (Å²) in [6.07, 6.45) is 1.87. The highest BCUT2D eigenvalue weighted by Crippen LogP contribution is 2.16. The number of morpholine rings is 1. The van der Waals surface area contributed by atoms with Crippen LogP contribution in [0, 0.1) is 11.6 Å². The summed E-state index contributed by atoms with van der Waals surface area (Å²) in [6.45, 7) is 4.56. The zero-order valence-corrected chi connectivity index (χ0v) is 14.3. The van der Waals surface area contributed by atoms with E-state index in [9.17, 15) is 13.6 Å². The molecule has 1 fully saturated rings. The molecule has 26 heavy (non-hydrogen) atoms. The van der Waals surface area contributed by atoms with Gasteiger partial charge in [0.05, 0.1) is 12.7 Å². The van der Waals surface area contributed by atoms with Crippen molar-refractivity contribution in [2.45, 2.75) is 19.6 Å². The molecule has 0 radical (unpaired) electrons. The Morgan fingerprint density at radius 3 is 2.85 bits per heavy atom. The van der Waals surface area contributed by atoms with Gasteiger partial charge in [0.2, 0.25) is 0 Å². The number of urea groups is 1. The first kappa shape index (κ1) is 18.1. The maximum absolute atomic E-state index is 13.1. The molecule has 1 aromatic carbocycles. The van der Waals surface area contributed by atoms with Gasteiger partial charge in [-0.25, -0.2) is 18.6 Å². The minimum absolute atomic E-state index is 0.173. The maximum Gasteiger partial charge on any atom is 0.319 e. The zero-order valence-electron chi connectivity index (χ0n) is 14.3. The van der Waals surface area contributed by atoms with E-state index in [1.165, 1.54) is 6.07 Å². The number of carbonyl (C=O) groups excluding carboxylic acids is 1. The Balaban J connectivity index is 1.51. The molecule has 1 aliphatic rings. The van der Waals surface area contributed by atoms with Crippen LogP contribution in [-0.4, -0.2) is 36.8 Å². The molecular formula is C18H20F2N4O2. The highest BCUT2D eigenvalue weighted by atomic mass is 19.2. The third-order valence-electron chi connectivity index (χ3n) is 4.00. The van der Waals surface area contributed by atoms with E-state index < -0.39 is 17.7 Å². The Hall–Kier alpha value is -2.74. The fraction of sp³-hybridized carbons (Fsp3) is 0.333. The summed E-state index contributed by atoms with van der Waals surface area (Å²) < 4.78 is 31.5. The van der Waals surface area contributed by atoms with E-state index in [1.807, 2.05) is 19.1 Å². The zero-order chi connectivity index (χ0) is 18.5. The average molecular weight is 362 g/mol. The van der Waals surface area contributed by atoms with Gasteiger partial charge in [-0.2, -0.15) is 0 Å². The maximum atomic E-state index is 13.1. The van der Waals surface area contributed by atoms with Gasteiger partial charge in [0, 0.05) is 37.6 Å². The number of nitrogens with one attached hydrogen (secondary N) is 2. The molecule has 1 aromatic heterocycles. The summed E-state index contributed by atoms with van der Waals surface area (Å²) in [5.74, 6) is -1.10. The molecule has 0 spiro atoms.